The average Bonchev–Trinajstić information content (AvgIpc) is 2.75. The summed E-state index contributed by atoms with van der Waals surface area (Å²) in [4.78, 5) is 8.22. The molecular formula is C22H23N3O4S. The quantitative estimate of drug-likeness (QED) is 0.523. The van der Waals surface area contributed by atoms with Crippen molar-refractivity contribution < 1.29 is 17.9 Å². The minimum absolute atomic E-state index is 0.139. The second kappa shape index (κ2) is 9.41. The van der Waals surface area contributed by atoms with Gasteiger partial charge < -0.3 is 9.47 Å². The van der Waals surface area contributed by atoms with Gasteiger partial charge in [0.1, 0.15) is 12.1 Å². The Balaban J connectivity index is 2.04. The smallest absolute Gasteiger partial charge is 0.279 e. The highest BCUT2D eigenvalue weighted by Crippen LogP contribution is 2.29. The molecule has 0 amide bonds. The molecule has 0 unspecified atom stereocenters. The largest absolute Gasteiger partial charge is 0.496 e. The van der Waals surface area contributed by atoms with E-state index in [-0.39, 0.29) is 17.3 Å². The zero-order valence-electron chi connectivity index (χ0n) is 16.8. The molecule has 0 atom stereocenters. The van der Waals surface area contributed by atoms with Crippen molar-refractivity contribution in [1.82, 2.24) is 9.97 Å². The van der Waals surface area contributed by atoms with Crippen LogP contribution in [-0.4, -0.2) is 32.1 Å². The Bertz CT molecular complexity index is 1130. The van der Waals surface area contributed by atoms with Crippen LogP contribution < -0.4 is 14.2 Å². The van der Waals surface area contributed by atoms with Gasteiger partial charge in [0, 0.05) is 12.1 Å². The predicted octanol–water partition coefficient (Wildman–Crippen LogP) is 3.92. The summed E-state index contributed by atoms with van der Waals surface area (Å²) >= 11 is 0. The molecule has 0 saturated carbocycles. The molecule has 156 valence electrons. The van der Waals surface area contributed by atoms with Crippen molar-refractivity contribution in [1.29, 1.82) is 0 Å². The number of hydrogen-bond acceptors (Lipinski definition) is 6. The fourth-order valence-electron chi connectivity index (χ4n) is 2.96. The number of benzene rings is 2. The fourth-order valence-corrected chi connectivity index (χ4v) is 4.17. The number of anilines is 1. The van der Waals surface area contributed by atoms with E-state index in [2.05, 4.69) is 21.3 Å². The van der Waals surface area contributed by atoms with Crippen molar-refractivity contribution in [2.24, 2.45) is 0 Å². The third kappa shape index (κ3) is 4.77. The molecule has 0 bridgehead atoms. The summed E-state index contributed by atoms with van der Waals surface area (Å²) < 4.78 is 39.9. The number of methoxy groups -OCH3 is 1. The van der Waals surface area contributed by atoms with Crippen molar-refractivity contribution in [3.05, 3.63) is 78.1 Å². The molecule has 1 heterocycles. The number of ether oxygens (including phenoxy) is 2. The lowest BCUT2D eigenvalue weighted by molar-refractivity contribution is 0.320. The summed E-state index contributed by atoms with van der Waals surface area (Å²) in [6.45, 7) is 5.84. The van der Waals surface area contributed by atoms with Crippen LogP contribution in [0.3, 0.4) is 0 Å². The van der Waals surface area contributed by atoms with Gasteiger partial charge in [-0.3, -0.25) is 4.72 Å². The molecule has 0 aliphatic heterocycles. The van der Waals surface area contributed by atoms with Crippen LogP contribution in [-0.2, 0) is 16.4 Å². The van der Waals surface area contributed by atoms with E-state index in [9.17, 15) is 8.42 Å². The second-order valence-corrected chi connectivity index (χ2v) is 7.91. The van der Waals surface area contributed by atoms with E-state index < -0.39 is 10.0 Å². The molecule has 0 spiro atoms. The van der Waals surface area contributed by atoms with Crippen LogP contribution in [0.5, 0.6) is 11.6 Å². The molecule has 2 aromatic carbocycles. The SMILES string of the molecule is C=Cc1ccc(NS(=O)(=O)c2ncnc(OCC)c2Cc2ccccc2OC)cc1. The number of hydrogen-bond donors (Lipinski definition) is 1. The first-order valence-electron chi connectivity index (χ1n) is 9.32. The molecule has 3 rings (SSSR count). The van der Waals surface area contributed by atoms with Crippen molar-refractivity contribution in [3.63, 3.8) is 0 Å². The molecule has 7 nitrogen and oxygen atoms in total. The Labute approximate surface area is 176 Å². The highest BCUT2D eigenvalue weighted by molar-refractivity contribution is 7.92. The molecule has 1 N–H and O–H groups in total. The van der Waals surface area contributed by atoms with Crippen LogP contribution in [0.4, 0.5) is 5.69 Å². The van der Waals surface area contributed by atoms with Crippen LogP contribution in [0.2, 0.25) is 0 Å². The third-order valence-corrected chi connectivity index (χ3v) is 5.73. The molecule has 0 radical (unpaired) electrons. The van der Waals surface area contributed by atoms with E-state index in [1.807, 2.05) is 31.2 Å². The van der Waals surface area contributed by atoms with Gasteiger partial charge in [-0.15, -0.1) is 0 Å². The summed E-state index contributed by atoms with van der Waals surface area (Å²) in [6.07, 6.45) is 3.10. The summed E-state index contributed by atoms with van der Waals surface area (Å²) in [6, 6.07) is 14.2. The van der Waals surface area contributed by atoms with E-state index in [4.69, 9.17) is 9.47 Å². The first kappa shape index (κ1) is 21.3. The molecule has 3 aromatic rings. The summed E-state index contributed by atoms with van der Waals surface area (Å²) in [5.74, 6) is 0.862. The van der Waals surface area contributed by atoms with Crippen LogP contribution in [0.25, 0.3) is 6.08 Å². The zero-order chi connectivity index (χ0) is 21.6. The second-order valence-electron chi connectivity index (χ2n) is 6.32. The van der Waals surface area contributed by atoms with E-state index >= 15 is 0 Å². The van der Waals surface area contributed by atoms with E-state index in [0.717, 1.165) is 11.1 Å². The Morgan fingerprint density at radius 3 is 2.50 bits per heavy atom. The van der Waals surface area contributed by atoms with Crippen molar-refractivity contribution in [3.8, 4) is 11.6 Å². The van der Waals surface area contributed by atoms with Gasteiger partial charge in [-0.2, -0.15) is 8.42 Å². The standard InChI is InChI=1S/C22H23N3O4S/c1-4-16-10-12-18(13-11-16)25-30(26,27)22-19(21(29-5-2)23-15-24-22)14-17-8-6-7-9-20(17)28-3/h4,6-13,15,25H,1,5,14H2,2-3H3. The minimum Gasteiger partial charge on any atom is -0.496 e. The predicted molar refractivity (Wildman–Crippen MR) is 116 cm³/mol. The number of aromatic nitrogens is 2. The molecule has 0 aliphatic carbocycles. The third-order valence-electron chi connectivity index (χ3n) is 4.36. The molecule has 30 heavy (non-hydrogen) atoms. The van der Waals surface area contributed by atoms with E-state index in [1.54, 1.807) is 37.5 Å². The molecule has 0 saturated heterocycles. The van der Waals surface area contributed by atoms with E-state index in [1.165, 1.54) is 6.33 Å². The number of sulfonamides is 1. The van der Waals surface area contributed by atoms with Crippen LogP contribution in [0.15, 0.2) is 66.5 Å². The molecular weight excluding hydrogens is 402 g/mol. The maximum atomic E-state index is 13.2. The van der Waals surface area contributed by atoms with Crippen molar-refractivity contribution >= 4 is 21.8 Å². The number of para-hydroxylation sites is 1. The molecule has 1 aromatic heterocycles. The first-order valence-corrected chi connectivity index (χ1v) is 10.8. The summed E-state index contributed by atoms with van der Waals surface area (Å²) in [5, 5.41) is -0.139. The lowest BCUT2D eigenvalue weighted by atomic mass is 10.1. The van der Waals surface area contributed by atoms with Gasteiger partial charge >= 0.3 is 0 Å². The molecule has 0 fully saturated rings. The summed E-state index contributed by atoms with van der Waals surface area (Å²) in [5.41, 5.74) is 2.46. The Morgan fingerprint density at radius 2 is 1.83 bits per heavy atom. The number of nitrogens with one attached hydrogen (secondary N) is 1. The van der Waals surface area contributed by atoms with Gasteiger partial charge in [0.25, 0.3) is 10.0 Å². The van der Waals surface area contributed by atoms with Crippen molar-refractivity contribution in [2.75, 3.05) is 18.4 Å². The Kier molecular flexibility index (Phi) is 6.68. The van der Waals surface area contributed by atoms with Gasteiger partial charge in [0.15, 0.2) is 5.03 Å². The van der Waals surface area contributed by atoms with Gasteiger partial charge in [-0.05, 0) is 36.2 Å². The highest BCUT2D eigenvalue weighted by Gasteiger charge is 2.25. The van der Waals surface area contributed by atoms with Gasteiger partial charge in [0.05, 0.1) is 19.3 Å². The van der Waals surface area contributed by atoms with E-state index in [0.29, 0.717) is 23.6 Å². The van der Waals surface area contributed by atoms with Gasteiger partial charge in [-0.1, -0.05) is 43.0 Å². The normalized spacial score (nSPS) is 11.0. The first-order chi connectivity index (χ1) is 14.5. The topological polar surface area (TPSA) is 90.4 Å². The monoisotopic (exact) mass is 425 g/mol. The fraction of sp³-hybridized carbons (Fsp3) is 0.182. The zero-order valence-corrected chi connectivity index (χ0v) is 17.6. The Morgan fingerprint density at radius 1 is 1.10 bits per heavy atom. The van der Waals surface area contributed by atoms with Crippen LogP contribution >= 0.6 is 0 Å². The van der Waals surface area contributed by atoms with Crippen molar-refractivity contribution in [2.45, 2.75) is 18.4 Å². The molecule has 8 heteroatoms. The van der Waals surface area contributed by atoms with Gasteiger partial charge in [-0.25, -0.2) is 9.97 Å². The maximum absolute atomic E-state index is 13.2. The van der Waals surface area contributed by atoms with Crippen LogP contribution in [0, 0.1) is 0 Å². The average molecular weight is 426 g/mol. The van der Waals surface area contributed by atoms with Gasteiger partial charge in [0.2, 0.25) is 5.88 Å². The molecule has 0 aliphatic rings. The lowest BCUT2D eigenvalue weighted by Crippen LogP contribution is -2.18. The lowest BCUT2D eigenvalue weighted by Gasteiger charge is -2.15. The van der Waals surface area contributed by atoms with Crippen LogP contribution in [0.1, 0.15) is 23.6 Å². The minimum atomic E-state index is -3.99. The maximum Gasteiger partial charge on any atom is 0.279 e. The number of nitrogens with zero attached hydrogens (tertiary/aromatic N) is 2. The Hall–Kier alpha value is -3.39. The number of rotatable bonds is 9. The highest BCUT2D eigenvalue weighted by atomic mass is 32.2. The summed E-state index contributed by atoms with van der Waals surface area (Å²) in [7, 11) is -2.43.